The molecule has 50 heavy (non-hydrogen) atoms. The van der Waals surface area contributed by atoms with Crippen LogP contribution >= 0.6 is 0 Å². The maximum Gasteiger partial charge on any atom is 0.418 e. The molecule has 0 atom stereocenters. The molecule has 0 aliphatic rings. The Hall–Kier alpha value is -6.56. The quantitative estimate of drug-likeness (QED) is 0.143. The minimum Gasteiger partial charge on any atom is -0.258 e. The predicted octanol–water partition coefficient (Wildman–Crippen LogP) is 5.55. The normalized spacial score (nSPS) is 11.7. The summed E-state index contributed by atoms with van der Waals surface area (Å²) in [5.41, 5.74) is -7.95. The number of rotatable bonds is 10. The second-order valence-electron chi connectivity index (χ2n) is 9.55. The van der Waals surface area contributed by atoms with E-state index in [0.29, 0.717) is 78.9 Å². The molecule has 0 fully saturated rings. The summed E-state index contributed by atoms with van der Waals surface area (Å²) >= 11 is 0. The fourth-order valence-electron chi connectivity index (χ4n) is 4.21. The van der Waals surface area contributed by atoms with Gasteiger partial charge in [-0.1, -0.05) is 0 Å². The van der Waals surface area contributed by atoms with Gasteiger partial charge >= 0.3 is 12.2 Å². The van der Waals surface area contributed by atoms with Gasteiger partial charge in [-0.15, -0.1) is 0 Å². The molecule has 0 heterocycles. The molecule has 0 unspecified atom stereocenters. The summed E-state index contributed by atoms with van der Waals surface area (Å²) in [4.78, 5) is 53.1. The Morgan fingerprint density at radius 1 is 0.540 bits per heavy atom. The van der Waals surface area contributed by atoms with Gasteiger partial charge in [-0.25, -0.2) is 21.6 Å². The highest BCUT2D eigenvalue weighted by molar-refractivity contribution is 7.95. The van der Waals surface area contributed by atoms with E-state index in [1.54, 1.807) is 0 Å². The highest BCUT2D eigenvalue weighted by atomic mass is 32.2. The van der Waals surface area contributed by atoms with Gasteiger partial charge in [-0.3, -0.25) is 40.5 Å². The van der Waals surface area contributed by atoms with Crippen molar-refractivity contribution in [1.29, 1.82) is 0 Å². The van der Waals surface area contributed by atoms with Crippen LogP contribution in [0.5, 0.6) is 0 Å². The number of hydrogen-bond donors (Lipinski definition) is 0. The number of amides is 2. The number of nitrogens with zero attached hydrogens (tertiary/aromatic N) is 6. The van der Waals surface area contributed by atoms with E-state index in [4.69, 9.17) is 0 Å². The Balaban J connectivity index is 2.10. The van der Waals surface area contributed by atoms with Crippen molar-refractivity contribution in [3.63, 3.8) is 0 Å². The number of carbonyl (C=O) groups excluding carboxylic acids is 1. The molecular weight excluding hydrogens is 725 g/mol. The lowest BCUT2D eigenvalue weighted by atomic mass is 10.1. The van der Waals surface area contributed by atoms with Crippen LogP contribution in [0.2, 0.25) is 0 Å². The van der Waals surface area contributed by atoms with Gasteiger partial charge in [0.05, 0.1) is 46.4 Å². The molecule has 0 aliphatic heterocycles. The minimum absolute atomic E-state index is 0.137. The van der Waals surface area contributed by atoms with Crippen LogP contribution in [0, 0.1) is 40.5 Å². The number of nitro benzene ring substituents is 4. The number of carbonyl (C=O) groups is 1. The summed E-state index contributed by atoms with van der Waals surface area (Å²) in [6.07, 6.45) is -5.65. The molecule has 0 N–H and O–H groups in total. The Morgan fingerprint density at radius 2 is 0.880 bits per heavy atom. The first-order chi connectivity index (χ1) is 23.2. The van der Waals surface area contributed by atoms with Crippen LogP contribution in [0.25, 0.3) is 0 Å². The third-order valence-corrected chi connectivity index (χ3v) is 9.95. The monoisotopic (exact) mass is 740 g/mol. The van der Waals surface area contributed by atoms with E-state index in [1.807, 2.05) is 0 Å². The maximum atomic E-state index is 14.4. The minimum atomic E-state index is -5.76. The second kappa shape index (κ2) is 13.2. The highest BCUT2D eigenvalue weighted by Crippen LogP contribution is 2.42. The first kappa shape index (κ1) is 36.3. The standard InChI is InChI=1S/C26H15F3N6O13S2/c27-26(28,29)23-15-20(35(43)44)9-14-24(23)31(50(47,48)22-12-7-19(8-13-22)34(41)42)25(36)30(16-1-3-17(4-2-16)32(37)38)49(45,46)21-10-5-18(6-11-21)33(39)40/h1-15H. The van der Waals surface area contributed by atoms with Crippen molar-refractivity contribution in [2.75, 3.05) is 8.61 Å². The molecule has 0 saturated heterocycles. The van der Waals surface area contributed by atoms with Crippen molar-refractivity contribution in [3.8, 4) is 0 Å². The van der Waals surface area contributed by atoms with Gasteiger partial charge < -0.3 is 0 Å². The fourth-order valence-corrected chi connectivity index (χ4v) is 7.04. The lowest BCUT2D eigenvalue weighted by Crippen LogP contribution is -2.49. The van der Waals surface area contributed by atoms with Gasteiger partial charge in [-0.2, -0.15) is 21.8 Å². The van der Waals surface area contributed by atoms with E-state index < -0.39 is 106 Å². The number of anilines is 2. The predicted molar refractivity (Wildman–Crippen MR) is 162 cm³/mol. The van der Waals surface area contributed by atoms with Gasteiger partial charge in [0.15, 0.2) is 0 Å². The first-order valence-electron chi connectivity index (χ1n) is 12.9. The van der Waals surface area contributed by atoms with E-state index in [-0.39, 0.29) is 16.4 Å². The number of sulfonamides is 2. The van der Waals surface area contributed by atoms with E-state index in [9.17, 15) is 75.3 Å². The molecule has 4 aromatic carbocycles. The van der Waals surface area contributed by atoms with Gasteiger partial charge in [0.25, 0.3) is 42.8 Å². The van der Waals surface area contributed by atoms with Crippen LogP contribution in [0.1, 0.15) is 5.56 Å². The van der Waals surface area contributed by atoms with Crippen LogP contribution in [0.15, 0.2) is 101 Å². The fraction of sp³-hybridized carbons (Fsp3) is 0.0385. The average molecular weight is 741 g/mol. The largest absolute Gasteiger partial charge is 0.418 e. The van der Waals surface area contributed by atoms with Crippen LogP contribution in [0.3, 0.4) is 0 Å². The second-order valence-corrected chi connectivity index (χ2v) is 13.1. The maximum absolute atomic E-state index is 14.4. The Kier molecular flexibility index (Phi) is 9.54. The zero-order valence-electron chi connectivity index (χ0n) is 24.1. The Bertz CT molecular complexity index is 2270. The first-order valence-corrected chi connectivity index (χ1v) is 15.8. The lowest BCUT2D eigenvalue weighted by Gasteiger charge is -2.31. The number of nitro groups is 4. The van der Waals surface area contributed by atoms with E-state index in [1.165, 1.54) is 0 Å². The van der Waals surface area contributed by atoms with Crippen molar-refractivity contribution < 1.29 is 54.5 Å². The number of halogens is 3. The molecule has 0 aliphatic carbocycles. The van der Waals surface area contributed by atoms with Gasteiger partial charge in [0.2, 0.25) is 0 Å². The Labute approximate surface area is 276 Å². The molecular formula is C26H15F3N6O13S2. The van der Waals surface area contributed by atoms with E-state index >= 15 is 0 Å². The van der Waals surface area contributed by atoms with E-state index in [2.05, 4.69) is 0 Å². The molecule has 4 aromatic rings. The summed E-state index contributed by atoms with van der Waals surface area (Å²) in [7, 11) is -11.3. The molecule has 2 amide bonds. The number of urea groups is 1. The van der Waals surface area contributed by atoms with Crippen molar-refractivity contribution in [2.45, 2.75) is 16.0 Å². The summed E-state index contributed by atoms with van der Waals surface area (Å²) in [6.45, 7) is 0. The lowest BCUT2D eigenvalue weighted by molar-refractivity contribution is -0.385. The van der Waals surface area contributed by atoms with E-state index in [0.717, 1.165) is 0 Å². The zero-order valence-corrected chi connectivity index (χ0v) is 25.7. The summed E-state index contributed by atoms with van der Waals surface area (Å²) in [5.74, 6) is 0. The molecule has 19 nitrogen and oxygen atoms in total. The number of non-ortho nitro benzene ring substituents is 4. The van der Waals surface area contributed by atoms with Crippen molar-refractivity contribution in [3.05, 3.63) is 137 Å². The van der Waals surface area contributed by atoms with Gasteiger partial charge in [0.1, 0.15) is 0 Å². The molecule has 24 heteroatoms. The molecule has 0 radical (unpaired) electrons. The third kappa shape index (κ3) is 6.99. The Morgan fingerprint density at radius 3 is 1.24 bits per heavy atom. The van der Waals surface area contributed by atoms with Gasteiger partial charge in [0, 0.05) is 48.5 Å². The topological polar surface area (TPSA) is 264 Å². The molecule has 0 aromatic heterocycles. The van der Waals surface area contributed by atoms with Crippen LogP contribution in [0.4, 0.5) is 52.1 Å². The summed E-state index contributed by atoms with van der Waals surface area (Å²) < 4.78 is 98.3. The molecule has 4 rings (SSSR count). The van der Waals surface area contributed by atoms with Gasteiger partial charge in [-0.05, 0) is 42.5 Å². The highest BCUT2D eigenvalue weighted by Gasteiger charge is 2.46. The SMILES string of the molecule is O=C(N(c1ccc([N+](=O)[O-])cc1)S(=O)(=O)c1ccc([N+](=O)[O-])cc1)N(c1ccc([N+](=O)[O-])cc1C(F)(F)F)S(=O)(=O)c1ccc([N+](=O)[O-])cc1. The zero-order chi connectivity index (χ0) is 37.3. The molecule has 0 saturated carbocycles. The van der Waals surface area contributed by atoms with Crippen molar-refractivity contribution in [1.82, 2.24) is 0 Å². The summed E-state index contributed by atoms with van der Waals surface area (Å²) in [5, 5.41) is 44.8. The molecule has 260 valence electrons. The summed E-state index contributed by atoms with van der Waals surface area (Å²) in [6, 6.07) is 5.37. The van der Waals surface area contributed by atoms with Crippen LogP contribution in [-0.4, -0.2) is 42.6 Å². The third-order valence-electron chi connectivity index (χ3n) is 6.53. The average Bonchev–Trinajstić information content (AvgIpc) is 3.04. The van der Waals surface area contributed by atoms with Crippen molar-refractivity contribution in [2.24, 2.45) is 0 Å². The number of alkyl halides is 3. The number of benzene rings is 4. The smallest absolute Gasteiger partial charge is 0.258 e. The van der Waals surface area contributed by atoms with Crippen LogP contribution < -0.4 is 8.61 Å². The molecule has 0 spiro atoms. The number of hydrogen-bond acceptors (Lipinski definition) is 13. The molecule has 0 bridgehead atoms. The van der Waals surface area contributed by atoms with Crippen LogP contribution in [-0.2, 0) is 26.2 Å². The van der Waals surface area contributed by atoms with Crippen molar-refractivity contribution >= 4 is 60.2 Å².